The van der Waals surface area contributed by atoms with Gasteiger partial charge in [-0.05, 0) is 34.9 Å². The molecule has 0 aliphatic heterocycles. The zero-order chi connectivity index (χ0) is 13.9. The summed E-state index contributed by atoms with van der Waals surface area (Å²) in [4.78, 5) is 1.38. The highest BCUT2D eigenvalue weighted by Crippen LogP contribution is 2.31. The van der Waals surface area contributed by atoms with Gasteiger partial charge in [-0.1, -0.05) is 51.1 Å². The van der Waals surface area contributed by atoms with Crippen LogP contribution in [0.1, 0.15) is 42.7 Å². The van der Waals surface area contributed by atoms with Crippen molar-refractivity contribution < 1.29 is 0 Å². The van der Waals surface area contributed by atoms with E-state index in [4.69, 9.17) is 5.73 Å². The van der Waals surface area contributed by atoms with Gasteiger partial charge in [-0.2, -0.15) is 0 Å². The summed E-state index contributed by atoms with van der Waals surface area (Å²) in [6.45, 7) is 7.39. The molecule has 2 heteroatoms. The number of hydrogen-bond donors (Lipinski definition) is 1. The van der Waals surface area contributed by atoms with Gasteiger partial charge in [-0.3, -0.25) is 0 Å². The van der Waals surface area contributed by atoms with Gasteiger partial charge in [0.1, 0.15) is 0 Å². The molecule has 1 nitrogen and oxygen atoms in total. The maximum atomic E-state index is 6.03. The lowest BCUT2D eigenvalue weighted by Gasteiger charge is -2.27. The SMILES string of the molecule is CC(C)c1ccc(CC(C)(CN)c2cccs2)cc1. The van der Waals surface area contributed by atoms with Gasteiger partial charge in [0.05, 0.1) is 0 Å². The van der Waals surface area contributed by atoms with Gasteiger partial charge in [-0.15, -0.1) is 11.3 Å². The summed E-state index contributed by atoms with van der Waals surface area (Å²) >= 11 is 1.80. The van der Waals surface area contributed by atoms with E-state index in [0.29, 0.717) is 12.5 Å². The molecule has 19 heavy (non-hydrogen) atoms. The van der Waals surface area contributed by atoms with Crippen molar-refractivity contribution in [2.75, 3.05) is 6.54 Å². The van der Waals surface area contributed by atoms with Crippen molar-refractivity contribution in [3.8, 4) is 0 Å². The molecule has 2 N–H and O–H groups in total. The van der Waals surface area contributed by atoms with Crippen LogP contribution in [-0.2, 0) is 11.8 Å². The zero-order valence-electron chi connectivity index (χ0n) is 12.0. The number of hydrogen-bond acceptors (Lipinski definition) is 2. The maximum absolute atomic E-state index is 6.03. The van der Waals surface area contributed by atoms with Crippen molar-refractivity contribution >= 4 is 11.3 Å². The molecule has 2 rings (SSSR count). The summed E-state index contributed by atoms with van der Waals surface area (Å²) in [6.07, 6.45) is 1.00. The van der Waals surface area contributed by atoms with Crippen LogP contribution in [-0.4, -0.2) is 6.54 Å². The molecule has 0 saturated heterocycles. The largest absolute Gasteiger partial charge is 0.330 e. The number of nitrogens with two attached hydrogens (primary N) is 1. The minimum Gasteiger partial charge on any atom is -0.330 e. The smallest absolute Gasteiger partial charge is 0.0181 e. The van der Waals surface area contributed by atoms with Crippen LogP contribution in [0.3, 0.4) is 0 Å². The van der Waals surface area contributed by atoms with E-state index in [1.54, 1.807) is 11.3 Å². The number of rotatable bonds is 5. The van der Waals surface area contributed by atoms with Crippen LogP contribution in [0, 0.1) is 0 Å². The van der Waals surface area contributed by atoms with Crippen LogP contribution in [0.25, 0.3) is 0 Å². The second kappa shape index (κ2) is 5.89. The van der Waals surface area contributed by atoms with Gasteiger partial charge in [0.15, 0.2) is 0 Å². The Kier molecular flexibility index (Phi) is 4.43. The Bertz CT molecular complexity index is 499. The quantitative estimate of drug-likeness (QED) is 0.862. The Morgan fingerprint density at radius 1 is 1.16 bits per heavy atom. The molecule has 1 atom stereocenters. The van der Waals surface area contributed by atoms with Crippen LogP contribution >= 0.6 is 11.3 Å². The van der Waals surface area contributed by atoms with Crippen LogP contribution < -0.4 is 5.73 Å². The average molecular weight is 273 g/mol. The zero-order valence-corrected chi connectivity index (χ0v) is 12.8. The molecule has 2 aromatic rings. The van der Waals surface area contributed by atoms with E-state index in [-0.39, 0.29) is 5.41 Å². The van der Waals surface area contributed by atoms with Crippen LogP contribution in [0.2, 0.25) is 0 Å². The van der Waals surface area contributed by atoms with E-state index in [1.165, 1.54) is 16.0 Å². The minimum absolute atomic E-state index is 0.0491. The van der Waals surface area contributed by atoms with Crippen molar-refractivity contribution in [2.24, 2.45) is 5.73 Å². The average Bonchev–Trinajstić information content (AvgIpc) is 2.93. The summed E-state index contributed by atoms with van der Waals surface area (Å²) in [7, 11) is 0. The van der Waals surface area contributed by atoms with Gasteiger partial charge >= 0.3 is 0 Å². The third-order valence-corrected chi connectivity index (χ3v) is 4.98. The van der Waals surface area contributed by atoms with Gasteiger partial charge in [-0.25, -0.2) is 0 Å². The fourth-order valence-electron chi connectivity index (χ4n) is 2.35. The Morgan fingerprint density at radius 2 is 1.84 bits per heavy atom. The molecule has 102 valence electrons. The summed E-state index contributed by atoms with van der Waals surface area (Å²) in [5.41, 5.74) is 8.84. The molecule has 0 spiro atoms. The van der Waals surface area contributed by atoms with Crippen molar-refractivity contribution in [3.63, 3.8) is 0 Å². The molecule has 0 aliphatic carbocycles. The molecular formula is C17H23NS. The van der Waals surface area contributed by atoms with E-state index in [2.05, 4.69) is 62.5 Å². The second-order valence-electron chi connectivity index (χ2n) is 5.82. The fraction of sp³-hybridized carbons (Fsp3) is 0.412. The predicted molar refractivity (Wildman–Crippen MR) is 85.0 cm³/mol. The Hall–Kier alpha value is -1.12. The summed E-state index contributed by atoms with van der Waals surface area (Å²) < 4.78 is 0. The first-order valence-corrected chi connectivity index (χ1v) is 7.76. The Balaban J connectivity index is 2.19. The lowest BCUT2D eigenvalue weighted by atomic mass is 9.82. The molecular weight excluding hydrogens is 250 g/mol. The molecule has 0 saturated carbocycles. The highest BCUT2D eigenvalue weighted by atomic mass is 32.1. The second-order valence-corrected chi connectivity index (χ2v) is 6.76. The third kappa shape index (κ3) is 3.26. The van der Waals surface area contributed by atoms with Gasteiger partial charge in [0, 0.05) is 16.8 Å². The van der Waals surface area contributed by atoms with Gasteiger partial charge in [0.25, 0.3) is 0 Å². The minimum atomic E-state index is 0.0491. The topological polar surface area (TPSA) is 26.0 Å². The normalized spacial score (nSPS) is 14.6. The van der Waals surface area contributed by atoms with Crippen molar-refractivity contribution in [1.82, 2.24) is 0 Å². The lowest BCUT2D eigenvalue weighted by Crippen LogP contribution is -2.33. The predicted octanol–water partition coefficient (Wildman–Crippen LogP) is 4.33. The molecule has 0 bridgehead atoms. The molecule has 0 radical (unpaired) electrons. The van der Waals surface area contributed by atoms with Crippen LogP contribution in [0.4, 0.5) is 0 Å². The highest BCUT2D eigenvalue weighted by molar-refractivity contribution is 7.10. The molecule has 0 amide bonds. The molecule has 0 fully saturated rings. The van der Waals surface area contributed by atoms with E-state index in [1.807, 2.05) is 0 Å². The summed E-state index contributed by atoms with van der Waals surface area (Å²) in [5, 5.41) is 2.13. The number of benzene rings is 1. The molecule has 0 aliphatic rings. The van der Waals surface area contributed by atoms with E-state index >= 15 is 0 Å². The van der Waals surface area contributed by atoms with Gasteiger partial charge in [0.2, 0.25) is 0 Å². The first-order valence-electron chi connectivity index (χ1n) is 6.88. The van der Waals surface area contributed by atoms with Crippen molar-refractivity contribution in [3.05, 3.63) is 57.8 Å². The van der Waals surface area contributed by atoms with Crippen LogP contribution in [0.15, 0.2) is 41.8 Å². The fourth-order valence-corrected chi connectivity index (χ4v) is 3.25. The first kappa shape index (κ1) is 14.3. The number of thiophene rings is 1. The summed E-state index contributed by atoms with van der Waals surface area (Å²) in [5.74, 6) is 0.590. The first-order chi connectivity index (χ1) is 9.05. The molecule has 1 aromatic carbocycles. The van der Waals surface area contributed by atoms with E-state index < -0.39 is 0 Å². The summed E-state index contributed by atoms with van der Waals surface area (Å²) in [6, 6.07) is 13.3. The van der Waals surface area contributed by atoms with E-state index in [0.717, 1.165) is 6.42 Å². The van der Waals surface area contributed by atoms with Crippen LogP contribution in [0.5, 0.6) is 0 Å². The highest BCUT2D eigenvalue weighted by Gasteiger charge is 2.26. The Morgan fingerprint density at radius 3 is 2.32 bits per heavy atom. The van der Waals surface area contributed by atoms with E-state index in [9.17, 15) is 0 Å². The lowest BCUT2D eigenvalue weighted by molar-refractivity contribution is 0.491. The Labute approximate surface area is 120 Å². The molecule has 1 heterocycles. The van der Waals surface area contributed by atoms with Crippen molar-refractivity contribution in [1.29, 1.82) is 0 Å². The van der Waals surface area contributed by atoms with Gasteiger partial charge < -0.3 is 5.73 Å². The molecule has 1 aromatic heterocycles. The monoisotopic (exact) mass is 273 g/mol. The third-order valence-electron chi connectivity index (χ3n) is 3.81. The maximum Gasteiger partial charge on any atom is 0.0181 e. The molecule has 1 unspecified atom stereocenters. The van der Waals surface area contributed by atoms with Crippen molar-refractivity contribution in [2.45, 2.75) is 38.5 Å². The standard InChI is InChI=1S/C17H23NS/c1-13(2)15-8-6-14(7-9-15)11-17(3,12-18)16-5-4-10-19-16/h4-10,13H,11-12,18H2,1-3H3.